The Kier molecular flexibility index (Phi) is 12.0. The lowest BCUT2D eigenvalue weighted by Gasteiger charge is -2.26. The Balaban J connectivity index is 1.30. The first-order chi connectivity index (χ1) is 26.2. The number of carbonyl (C=O) groups is 6. The maximum Gasteiger partial charge on any atom is 0.323 e. The summed E-state index contributed by atoms with van der Waals surface area (Å²) in [6.07, 6.45) is 4.91. The Morgan fingerprint density at radius 3 is 0.945 bits per heavy atom. The van der Waals surface area contributed by atoms with Crippen LogP contribution in [0.4, 0.5) is 17.1 Å². The minimum absolute atomic E-state index is 0.159. The van der Waals surface area contributed by atoms with Gasteiger partial charge in [0.05, 0.1) is 14.7 Å². The Morgan fingerprint density at radius 1 is 0.491 bits per heavy atom. The Hall–Kier alpha value is -5.18. The molecule has 3 aromatic rings. The van der Waals surface area contributed by atoms with Gasteiger partial charge in [-0.3, -0.25) is 43.5 Å². The lowest BCUT2D eigenvalue weighted by atomic mass is 10.1. The van der Waals surface area contributed by atoms with Gasteiger partial charge in [0.25, 0.3) is 17.7 Å². The van der Waals surface area contributed by atoms with Gasteiger partial charge in [-0.15, -0.1) is 0 Å². The van der Waals surface area contributed by atoms with Gasteiger partial charge >= 0.3 is 17.9 Å². The number of carbonyl (C=O) groups excluding carboxylic acids is 3. The minimum Gasteiger partial charge on any atom is -0.480 e. The van der Waals surface area contributed by atoms with E-state index in [9.17, 15) is 28.8 Å². The monoisotopic (exact) mass is 848 g/mol. The normalized spacial score (nSPS) is 18.1. The van der Waals surface area contributed by atoms with Crippen molar-refractivity contribution in [2.24, 2.45) is 0 Å². The molecule has 3 amide bonds. The number of rotatable bonds is 12. The number of hydrogen-bond donors (Lipinski definition) is 3. The number of nitrogens with zero attached hydrogens (tertiary/aromatic N) is 4. The van der Waals surface area contributed by atoms with E-state index in [1.54, 1.807) is 54.6 Å². The molecule has 3 saturated heterocycles. The van der Waals surface area contributed by atoms with Gasteiger partial charge in [0, 0.05) is 17.1 Å². The van der Waals surface area contributed by atoms with Crippen LogP contribution in [0.5, 0.6) is 0 Å². The molecule has 13 nitrogen and oxygen atoms in total. The molecule has 3 aromatic carbocycles. The van der Waals surface area contributed by atoms with Crippen LogP contribution in [0.1, 0.15) is 16.7 Å². The summed E-state index contributed by atoms with van der Waals surface area (Å²) in [5.74, 6) is -4.99. The number of carboxylic acids is 3. The Bertz CT molecular complexity index is 2040. The zero-order valence-corrected chi connectivity index (χ0v) is 32.7. The van der Waals surface area contributed by atoms with Gasteiger partial charge in [-0.1, -0.05) is 108 Å². The zero-order chi connectivity index (χ0) is 39.6. The maximum atomic E-state index is 12.8. The van der Waals surface area contributed by atoms with Crippen molar-refractivity contribution in [3.63, 3.8) is 0 Å². The third kappa shape index (κ3) is 9.04. The summed E-state index contributed by atoms with van der Waals surface area (Å²) in [5, 5.41) is 27.5. The van der Waals surface area contributed by atoms with E-state index in [2.05, 4.69) is 0 Å². The number of benzene rings is 3. The van der Waals surface area contributed by atoms with Gasteiger partial charge in [0.2, 0.25) is 0 Å². The van der Waals surface area contributed by atoms with Gasteiger partial charge in [-0.2, -0.15) is 0 Å². The molecule has 3 heterocycles. The predicted molar refractivity (Wildman–Crippen MR) is 224 cm³/mol. The number of carboxylic acid groups (broad SMARTS) is 3. The van der Waals surface area contributed by atoms with Crippen LogP contribution in [0.15, 0.2) is 87.5 Å². The molecule has 278 valence electrons. The van der Waals surface area contributed by atoms with E-state index in [1.165, 1.54) is 0 Å². The molecule has 3 aliphatic rings. The first kappa shape index (κ1) is 39.5. The van der Waals surface area contributed by atoms with Crippen molar-refractivity contribution in [1.82, 2.24) is 14.7 Å². The number of amides is 3. The second kappa shape index (κ2) is 16.7. The highest BCUT2D eigenvalue weighted by Gasteiger charge is 2.35. The van der Waals surface area contributed by atoms with Crippen LogP contribution in [0.2, 0.25) is 0 Å². The molecular weight excluding hydrogens is 825 g/mol. The van der Waals surface area contributed by atoms with E-state index in [-0.39, 0.29) is 13.0 Å². The SMILES string of the molecule is O=C(O)CN1C(=O)C(=Cc2ccc(N(c3ccc(/C=C4\SC(=S)N(CC(=O)O)C4=O)cc3)c3ccc(/C=C4/SC(=S)N(CC(=O)O)C4=O)cc3)cc2)SC1=S. The van der Waals surface area contributed by atoms with Crippen molar-refractivity contribution in [3.05, 3.63) is 104 Å². The van der Waals surface area contributed by atoms with Crippen LogP contribution in [0.3, 0.4) is 0 Å². The van der Waals surface area contributed by atoms with Gasteiger partial charge < -0.3 is 20.2 Å². The average Bonchev–Trinajstić information content (AvgIpc) is 3.66. The number of aliphatic carboxylic acids is 3. The molecule has 19 heteroatoms. The predicted octanol–water partition coefficient (Wildman–Crippen LogP) is 6.01. The Labute approximate surface area is 341 Å². The number of hydrogen-bond acceptors (Lipinski definition) is 13. The van der Waals surface area contributed by atoms with Crippen molar-refractivity contribution in [2.45, 2.75) is 0 Å². The fraction of sp³-hybridized carbons (Fsp3) is 0.0833. The standard InChI is InChI=1S/C36H24N4O9S6/c41-28(42)16-37-31(47)25(53-34(37)50)13-19-1-7-22(8-2-19)40(23-9-3-20(4-10-23)14-26-32(48)38(17-29(43)44)35(51)54-26)24-11-5-21(6-12-24)15-27-33(49)39(18-30(45)46)36(52)55-27/h1-15H,16-18H2,(H,41,42)(H,43,44)(H,45,46)/b25-13-,26-14+,27-15?. The molecule has 0 radical (unpaired) electrons. The molecule has 3 aliphatic heterocycles. The highest BCUT2D eigenvalue weighted by Crippen LogP contribution is 2.38. The molecule has 55 heavy (non-hydrogen) atoms. The fourth-order valence-electron chi connectivity index (χ4n) is 5.37. The van der Waals surface area contributed by atoms with Crippen LogP contribution in [-0.4, -0.2) is 98.2 Å². The van der Waals surface area contributed by atoms with Crippen LogP contribution < -0.4 is 4.90 Å². The third-order valence-electron chi connectivity index (χ3n) is 7.85. The highest BCUT2D eigenvalue weighted by molar-refractivity contribution is 8.27. The molecule has 3 fully saturated rings. The van der Waals surface area contributed by atoms with Gasteiger partial charge in [-0.05, 0) is 71.3 Å². The largest absolute Gasteiger partial charge is 0.480 e. The zero-order valence-electron chi connectivity index (χ0n) is 27.8. The third-order valence-corrected chi connectivity index (χ3v) is 12.0. The van der Waals surface area contributed by atoms with Crippen molar-refractivity contribution in [2.75, 3.05) is 24.5 Å². The molecule has 0 atom stereocenters. The van der Waals surface area contributed by atoms with E-state index >= 15 is 0 Å². The van der Waals surface area contributed by atoms with Crippen molar-refractivity contribution in [1.29, 1.82) is 0 Å². The van der Waals surface area contributed by atoms with Crippen LogP contribution in [0.25, 0.3) is 18.2 Å². The van der Waals surface area contributed by atoms with Gasteiger partial charge in [0.1, 0.15) is 32.6 Å². The summed E-state index contributed by atoms with van der Waals surface area (Å²) in [6.45, 7) is -1.59. The van der Waals surface area contributed by atoms with Crippen LogP contribution in [-0.2, 0) is 28.8 Å². The van der Waals surface area contributed by atoms with Crippen LogP contribution >= 0.6 is 71.9 Å². The molecule has 0 bridgehead atoms. The van der Waals surface area contributed by atoms with Crippen molar-refractivity contribution in [3.8, 4) is 0 Å². The lowest BCUT2D eigenvalue weighted by molar-refractivity contribution is -0.140. The topological polar surface area (TPSA) is 176 Å². The van der Waals surface area contributed by atoms with Crippen LogP contribution in [0, 0.1) is 0 Å². The Morgan fingerprint density at radius 2 is 0.727 bits per heavy atom. The lowest BCUT2D eigenvalue weighted by Crippen LogP contribution is -2.33. The van der Waals surface area contributed by atoms with E-state index in [0.29, 0.717) is 31.4 Å². The highest BCUT2D eigenvalue weighted by atomic mass is 32.2. The van der Waals surface area contributed by atoms with E-state index < -0.39 is 55.3 Å². The number of thiocarbonyl (C=S) groups is 3. The summed E-state index contributed by atoms with van der Waals surface area (Å²) < 4.78 is 0.478. The fourth-order valence-corrected chi connectivity index (χ4v) is 9.14. The van der Waals surface area contributed by atoms with Crippen molar-refractivity contribution < 1.29 is 44.1 Å². The molecule has 6 rings (SSSR count). The van der Waals surface area contributed by atoms with E-state index in [4.69, 9.17) is 52.0 Å². The summed E-state index contributed by atoms with van der Waals surface area (Å²) >= 11 is 18.7. The summed E-state index contributed by atoms with van der Waals surface area (Å²) in [7, 11) is 0. The number of thioether (sulfide) groups is 3. The van der Waals surface area contributed by atoms with Gasteiger partial charge in [-0.25, -0.2) is 0 Å². The first-order valence-electron chi connectivity index (χ1n) is 15.7. The molecule has 0 saturated carbocycles. The average molecular weight is 849 g/mol. The van der Waals surface area contributed by atoms with E-state index in [0.717, 1.165) is 67.0 Å². The molecule has 0 unspecified atom stereocenters. The van der Waals surface area contributed by atoms with E-state index in [1.807, 2.05) is 41.3 Å². The van der Waals surface area contributed by atoms with Crippen molar-refractivity contribution >= 4 is 156 Å². The molecule has 0 aromatic heterocycles. The molecule has 3 N–H and O–H groups in total. The summed E-state index contributed by atoms with van der Waals surface area (Å²) in [6, 6.07) is 21.8. The smallest absolute Gasteiger partial charge is 0.323 e. The molecular formula is C36H24N4O9S6. The maximum absolute atomic E-state index is 12.8. The minimum atomic E-state index is -1.17. The summed E-state index contributed by atoms with van der Waals surface area (Å²) in [4.78, 5) is 78.0. The summed E-state index contributed by atoms with van der Waals surface area (Å²) in [5.41, 5.74) is 4.18. The second-order valence-corrected chi connectivity index (χ2v) is 16.6. The number of anilines is 3. The first-order valence-corrected chi connectivity index (χ1v) is 19.4. The van der Waals surface area contributed by atoms with Gasteiger partial charge in [0.15, 0.2) is 0 Å². The second-order valence-electron chi connectivity index (χ2n) is 11.6. The quantitative estimate of drug-likeness (QED) is 0.143. The molecule has 0 spiro atoms. The molecule has 0 aliphatic carbocycles.